The van der Waals surface area contributed by atoms with Gasteiger partial charge in [-0.15, -0.1) is 0 Å². The molecule has 86 valence electrons. The van der Waals surface area contributed by atoms with Crippen LogP contribution < -0.4 is 5.32 Å². The SMILES string of the molecule is CCCCSCCCCC(C)NCC. The highest BCUT2D eigenvalue weighted by molar-refractivity contribution is 7.99. The number of nitrogens with one attached hydrogen (secondary N) is 1. The van der Waals surface area contributed by atoms with Crippen molar-refractivity contribution >= 4 is 11.8 Å². The van der Waals surface area contributed by atoms with Gasteiger partial charge in [0.25, 0.3) is 0 Å². The minimum atomic E-state index is 0.709. The van der Waals surface area contributed by atoms with Gasteiger partial charge in [-0.3, -0.25) is 0 Å². The van der Waals surface area contributed by atoms with E-state index >= 15 is 0 Å². The van der Waals surface area contributed by atoms with Gasteiger partial charge < -0.3 is 5.32 Å². The molecule has 0 saturated carbocycles. The van der Waals surface area contributed by atoms with Crippen molar-refractivity contribution in [1.82, 2.24) is 5.32 Å². The highest BCUT2D eigenvalue weighted by Crippen LogP contribution is 2.09. The summed E-state index contributed by atoms with van der Waals surface area (Å²) in [7, 11) is 0. The predicted octanol–water partition coefficient (Wildman–Crippen LogP) is 3.69. The van der Waals surface area contributed by atoms with E-state index < -0.39 is 0 Å². The van der Waals surface area contributed by atoms with Crippen LogP contribution in [0.1, 0.15) is 52.9 Å². The van der Waals surface area contributed by atoms with Gasteiger partial charge in [0.2, 0.25) is 0 Å². The van der Waals surface area contributed by atoms with Gasteiger partial charge in [0.1, 0.15) is 0 Å². The van der Waals surface area contributed by atoms with E-state index in [4.69, 9.17) is 0 Å². The van der Waals surface area contributed by atoms with Gasteiger partial charge in [0.05, 0.1) is 0 Å². The lowest BCUT2D eigenvalue weighted by atomic mass is 10.1. The molecule has 0 radical (unpaired) electrons. The summed E-state index contributed by atoms with van der Waals surface area (Å²) in [5.41, 5.74) is 0. The monoisotopic (exact) mass is 217 g/mol. The molecule has 0 aromatic carbocycles. The standard InChI is InChI=1S/C12H27NS/c1-4-6-10-14-11-8-7-9-12(3)13-5-2/h12-13H,4-11H2,1-3H3. The maximum Gasteiger partial charge on any atom is 0.00386 e. The molecule has 0 heterocycles. The summed E-state index contributed by atoms with van der Waals surface area (Å²) in [6.45, 7) is 7.83. The summed E-state index contributed by atoms with van der Waals surface area (Å²) in [6, 6.07) is 0.709. The van der Waals surface area contributed by atoms with Crippen LogP contribution in [-0.2, 0) is 0 Å². The van der Waals surface area contributed by atoms with E-state index in [0.717, 1.165) is 6.54 Å². The van der Waals surface area contributed by atoms with E-state index in [1.807, 2.05) is 0 Å². The number of rotatable bonds is 10. The van der Waals surface area contributed by atoms with Crippen molar-refractivity contribution in [2.24, 2.45) is 0 Å². The first-order valence-electron chi connectivity index (χ1n) is 6.12. The van der Waals surface area contributed by atoms with Crippen LogP contribution in [0, 0.1) is 0 Å². The molecule has 2 heteroatoms. The molecule has 0 spiro atoms. The minimum absolute atomic E-state index is 0.709. The van der Waals surface area contributed by atoms with Gasteiger partial charge in [0, 0.05) is 6.04 Å². The molecule has 0 rings (SSSR count). The van der Waals surface area contributed by atoms with E-state index in [9.17, 15) is 0 Å². The molecular weight excluding hydrogens is 190 g/mol. The van der Waals surface area contributed by atoms with Crippen LogP contribution >= 0.6 is 11.8 Å². The highest BCUT2D eigenvalue weighted by Gasteiger charge is 1.98. The molecule has 1 N–H and O–H groups in total. The van der Waals surface area contributed by atoms with Crippen molar-refractivity contribution in [3.63, 3.8) is 0 Å². The summed E-state index contributed by atoms with van der Waals surface area (Å²) < 4.78 is 0. The molecule has 1 nitrogen and oxygen atoms in total. The Labute approximate surface area is 94.4 Å². The van der Waals surface area contributed by atoms with E-state index in [1.165, 1.54) is 43.6 Å². The second-order valence-electron chi connectivity index (χ2n) is 3.92. The van der Waals surface area contributed by atoms with Gasteiger partial charge in [0.15, 0.2) is 0 Å². The van der Waals surface area contributed by atoms with Gasteiger partial charge >= 0.3 is 0 Å². The van der Waals surface area contributed by atoms with Gasteiger partial charge in [-0.1, -0.05) is 26.7 Å². The largest absolute Gasteiger partial charge is 0.315 e. The molecule has 1 atom stereocenters. The maximum atomic E-state index is 3.45. The van der Waals surface area contributed by atoms with Crippen LogP contribution in [0.4, 0.5) is 0 Å². The van der Waals surface area contributed by atoms with Crippen LogP contribution in [0.2, 0.25) is 0 Å². The Morgan fingerprint density at radius 3 is 2.43 bits per heavy atom. The highest BCUT2D eigenvalue weighted by atomic mass is 32.2. The fraction of sp³-hybridized carbons (Fsp3) is 1.00. The first-order valence-corrected chi connectivity index (χ1v) is 7.27. The van der Waals surface area contributed by atoms with Crippen LogP contribution in [0.3, 0.4) is 0 Å². The molecule has 0 aromatic rings. The van der Waals surface area contributed by atoms with Crippen molar-refractivity contribution in [2.45, 2.75) is 58.9 Å². The summed E-state index contributed by atoms with van der Waals surface area (Å²) in [4.78, 5) is 0. The third kappa shape index (κ3) is 10.4. The van der Waals surface area contributed by atoms with Crippen LogP contribution in [0.5, 0.6) is 0 Å². The Morgan fingerprint density at radius 2 is 1.79 bits per heavy atom. The molecule has 0 aliphatic carbocycles. The van der Waals surface area contributed by atoms with Crippen molar-refractivity contribution in [3.05, 3.63) is 0 Å². The van der Waals surface area contributed by atoms with E-state index in [0.29, 0.717) is 6.04 Å². The zero-order chi connectivity index (χ0) is 10.6. The first-order chi connectivity index (χ1) is 6.81. The normalized spacial score (nSPS) is 13.1. The quantitative estimate of drug-likeness (QED) is 0.560. The molecule has 0 aliphatic heterocycles. The number of thioether (sulfide) groups is 1. The molecule has 0 amide bonds. The summed E-state index contributed by atoms with van der Waals surface area (Å²) in [5.74, 6) is 2.72. The zero-order valence-electron chi connectivity index (χ0n) is 10.1. The molecule has 14 heavy (non-hydrogen) atoms. The van der Waals surface area contributed by atoms with Crippen LogP contribution in [0.25, 0.3) is 0 Å². The summed E-state index contributed by atoms with van der Waals surface area (Å²) >= 11 is 2.12. The Balaban J connectivity index is 2.98. The fourth-order valence-corrected chi connectivity index (χ4v) is 2.56. The van der Waals surface area contributed by atoms with Gasteiger partial charge in [-0.25, -0.2) is 0 Å². The van der Waals surface area contributed by atoms with Crippen molar-refractivity contribution < 1.29 is 0 Å². The third-order valence-corrected chi connectivity index (χ3v) is 3.53. The summed E-state index contributed by atoms with van der Waals surface area (Å²) in [5, 5.41) is 3.45. The van der Waals surface area contributed by atoms with Gasteiger partial charge in [-0.2, -0.15) is 11.8 Å². The molecular formula is C12H27NS. The first kappa shape index (κ1) is 14.3. The zero-order valence-corrected chi connectivity index (χ0v) is 11.0. The molecule has 1 unspecified atom stereocenters. The lowest BCUT2D eigenvalue weighted by Gasteiger charge is -2.11. The molecule has 0 aliphatic rings. The van der Waals surface area contributed by atoms with Crippen LogP contribution in [-0.4, -0.2) is 24.1 Å². The molecule has 0 fully saturated rings. The maximum absolute atomic E-state index is 3.45. The van der Waals surface area contributed by atoms with Crippen LogP contribution in [0.15, 0.2) is 0 Å². The Hall–Kier alpha value is 0.310. The number of hydrogen-bond donors (Lipinski definition) is 1. The number of hydrogen-bond acceptors (Lipinski definition) is 2. The molecule has 0 bridgehead atoms. The smallest absolute Gasteiger partial charge is 0.00386 e. The number of unbranched alkanes of at least 4 members (excludes halogenated alkanes) is 2. The lowest BCUT2D eigenvalue weighted by molar-refractivity contribution is 0.510. The van der Waals surface area contributed by atoms with Crippen molar-refractivity contribution in [3.8, 4) is 0 Å². The molecule has 0 saturated heterocycles. The van der Waals surface area contributed by atoms with E-state index in [-0.39, 0.29) is 0 Å². The fourth-order valence-electron chi connectivity index (χ4n) is 1.45. The second kappa shape index (κ2) is 11.4. The van der Waals surface area contributed by atoms with Crippen molar-refractivity contribution in [1.29, 1.82) is 0 Å². The Kier molecular flexibility index (Phi) is 11.6. The second-order valence-corrected chi connectivity index (χ2v) is 5.15. The van der Waals surface area contributed by atoms with E-state index in [1.54, 1.807) is 0 Å². The Bertz CT molecular complexity index is 106. The topological polar surface area (TPSA) is 12.0 Å². The third-order valence-electron chi connectivity index (χ3n) is 2.37. The predicted molar refractivity (Wildman–Crippen MR) is 69.2 cm³/mol. The van der Waals surface area contributed by atoms with Crippen molar-refractivity contribution in [2.75, 3.05) is 18.1 Å². The van der Waals surface area contributed by atoms with E-state index in [2.05, 4.69) is 37.8 Å². The average Bonchev–Trinajstić information content (AvgIpc) is 2.17. The minimum Gasteiger partial charge on any atom is -0.315 e. The lowest BCUT2D eigenvalue weighted by Crippen LogP contribution is -2.25. The average molecular weight is 217 g/mol. The Morgan fingerprint density at radius 1 is 1.07 bits per heavy atom. The van der Waals surface area contributed by atoms with Gasteiger partial charge in [-0.05, 0) is 44.2 Å². The molecule has 0 aromatic heterocycles. The summed E-state index contributed by atoms with van der Waals surface area (Å²) in [6.07, 6.45) is 6.84.